The van der Waals surface area contributed by atoms with Crippen LogP contribution in [0.5, 0.6) is 17.2 Å². The summed E-state index contributed by atoms with van der Waals surface area (Å²) < 4.78 is 21.3. The molecule has 0 saturated carbocycles. The molecular weight excluding hydrogens is 362 g/mol. The molecule has 7 heteroatoms. The molecule has 7 nitrogen and oxygen atoms in total. The number of benzene rings is 2. The molecule has 150 valence electrons. The van der Waals surface area contributed by atoms with Gasteiger partial charge in [0.1, 0.15) is 18.5 Å². The van der Waals surface area contributed by atoms with E-state index in [4.69, 9.17) is 18.9 Å². The van der Waals surface area contributed by atoms with Gasteiger partial charge >= 0.3 is 5.97 Å². The molecule has 1 heterocycles. The molecule has 1 N–H and O–H groups in total. The number of likely N-dealkylation sites (N-methyl/N-ethyl adjacent to an activating group) is 1. The summed E-state index contributed by atoms with van der Waals surface area (Å²) in [7, 11) is 1.93. The largest absolute Gasteiger partial charge is 0.491 e. The highest BCUT2D eigenvalue weighted by molar-refractivity contribution is 5.89. The van der Waals surface area contributed by atoms with Gasteiger partial charge in [0.2, 0.25) is 6.79 Å². The standard InChI is InChI=1S/C21H25NO6/c1-3-25-21(24)16-5-7-18(8-6-16)26-13-17(23)12-22(2)11-15-4-9-19-20(10-15)28-14-27-19/h4-10,17,23H,3,11-14H2,1-2H3. The molecule has 0 radical (unpaired) electrons. The molecule has 28 heavy (non-hydrogen) atoms. The van der Waals surface area contributed by atoms with Gasteiger partial charge < -0.3 is 24.1 Å². The summed E-state index contributed by atoms with van der Waals surface area (Å²) in [6, 6.07) is 12.5. The number of hydrogen-bond donors (Lipinski definition) is 1. The van der Waals surface area contributed by atoms with E-state index in [0.717, 1.165) is 17.1 Å². The van der Waals surface area contributed by atoms with Crippen LogP contribution >= 0.6 is 0 Å². The summed E-state index contributed by atoms with van der Waals surface area (Å²) in [5.41, 5.74) is 1.55. The average Bonchev–Trinajstić information content (AvgIpc) is 3.14. The van der Waals surface area contributed by atoms with Gasteiger partial charge in [-0.05, 0) is 55.9 Å². The summed E-state index contributed by atoms with van der Waals surface area (Å²) >= 11 is 0. The van der Waals surface area contributed by atoms with Crippen LogP contribution in [0.2, 0.25) is 0 Å². The van der Waals surface area contributed by atoms with Crippen LogP contribution in [0.3, 0.4) is 0 Å². The van der Waals surface area contributed by atoms with Crippen molar-refractivity contribution >= 4 is 5.97 Å². The van der Waals surface area contributed by atoms with E-state index in [0.29, 0.717) is 31.0 Å². The first-order valence-corrected chi connectivity index (χ1v) is 9.20. The van der Waals surface area contributed by atoms with E-state index >= 15 is 0 Å². The first-order valence-electron chi connectivity index (χ1n) is 9.20. The fourth-order valence-corrected chi connectivity index (χ4v) is 2.92. The van der Waals surface area contributed by atoms with Crippen molar-refractivity contribution < 1.29 is 28.8 Å². The summed E-state index contributed by atoms with van der Waals surface area (Å²) in [6.45, 7) is 3.64. The maximum absolute atomic E-state index is 11.6. The van der Waals surface area contributed by atoms with Crippen molar-refractivity contribution in [2.75, 3.05) is 33.6 Å². The molecule has 2 aromatic rings. The molecule has 0 fully saturated rings. The smallest absolute Gasteiger partial charge is 0.338 e. The Bertz CT molecular complexity index is 792. The SMILES string of the molecule is CCOC(=O)c1ccc(OCC(O)CN(C)Cc2ccc3c(c2)OCO3)cc1. The molecule has 3 rings (SSSR count). The number of nitrogens with zero attached hydrogens (tertiary/aromatic N) is 1. The van der Waals surface area contributed by atoms with Crippen LogP contribution in [-0.4, -0.2) is 55.7 Å². The Hall–Kier alpha value is -2.77. The van der Waals surface area contributed by atoms with Crippen LogP contribution in [0.4, 0.5) is 0 Å². The number of aliphatic hydroxyl groups excluding tert-OH is 1. The van der Waals surface area contributed by atoms with E-state index < -0.39 is 6.10 Å². The molecule has 1 atom stereocenters. The summed E-state index contributed by atoms with van der Waals surface area (Å²) in [5.74, 6) is 1.74. The van der Waals surface area contributed by atoms with E-state index in [1.807, 2.05) is 30.1 Å². The molecule has 0 aromatic heterocycles. The van der Waals surface area contributed by atoms with Crippen molar-refractivity contribution in [2.45, 2.75) is 19.6 Å². The lowest BCUT2D eigenvalue weighted by molar-refractivity contribution is 0.0525. The van der Waals surface area contributed by atoms with E-state index in [1.165, 1.54) is 0 Å². The van der Waals surface area contributed by atoms with Crippen LogP contribution < -0.4 is 14.2 Å². The Morgan fingerprint density at radius 3 is 2.68 bits per heavy atom. The minimum atomic E-state index is -0.649. The zero-order chi connectivity index (χ0) is 19.9. The van der Waals surface area contributed by atoms with E-state index in [2.05, 4.69) is 0 Å². The van der Waals surface area contributed by atoms with Gasteiger partial charge in [-0.25, -0.2) is 4.79 Å². The minimum Gasteiger partial charge on any atom is -0.491 e. The molecule has 1 unspecified atom stereocenters. The first-order chi connectivity index (χ1) is 13.5. The van der Waals surface area contributed by atoms with Crippen molar-refractivity contribution in [1.29, 1.82) is 0 Å². The van der Waals surface area contributed by atoms with Crippen LogP contribution in [0.25, 0.3) is 0 Å². The van der Waals surface area contributed by atoms with Gasteiger partial charge in [0, 0.05) is 13.1 Å². The molecule has 0 saturated heterocycles. The number of rotatable bonds is 9. The second-order valence-corrected chi connectivity index (χ2v) is 6.59. The zero-order valence-corrected chi connectivity index (χ0v) is 16.1. The minimum absolute atomic E-state index is 0.157. The van der Waals surface area contributed by atoms with Crippen LogP contribution in [0.1, 0.15) is 22.8 Å². The van der Waals surface area contributed by atoms with Gasteiger partial charge in [0.05, 0.1) is 12.2 Å². The fraction of sp³-hybridized carbons (Fsp3) is 0.381. The molecule has 0 spiro atoms. The predicted octanol–water partition coefficient (Wildman–Crippen LogP) is 2.46. The highest BCUT2D eigenvalue weighted by Gasteiger charge is 2.15. The molecular formula is C21H25NO6. The summed E-state index contributed by atoms with van der Waals surface area (Å²) in [5, 5.41) is 10.2. The second kappa shape index (κ2) is 9.43. The highest BCUT2D eigenvalue weighted by Crippen LogP contribution is 2.32. The Morgan fingerprint density at radius 2 is 1.93 bits per heavy atom. The Kier molecular flexibility index (Phi) is 6.73. The van der Waals surface area contributed by atoms with E-state index in [1.54, 1.807) is 31.2 Å². The van der Waals surface area contributed by atoms with Gasteiger partial charge in [0.25, 0.3) is 0 Å². The fourth-order valence-electron chi connectivity index (χ4n) is 2.92. The number of fused-ring (bicyclic) bond motifs is 1. The number of aliphatic hydroxyl groups is 1. The van der Waals surface area contributed by atoms with Gasteiger partial charge in [0.15, 0.2) is 11.5 Å². The van der Waals surface area contributed by atoms with Gasteiger partial charge in [-0.3, -0.25) is 4.90 Å². The lowest BCUT2D eigenvalue weighted by atomic mass is 10.2. The lowest BCUT2D eigenvalue weighted by Gasteiger charge is -2.21. The first kappa shape index (κ1) is 20.0. The van der Waals surface area contributed by atoms with Gasteiger partial charge in [-0.15, -0.1) is 0 Å². The van der Waals surface area contributed by atoms with Gasteiger partial charge in [-0.1, -0.05) is 6.07 Å². The number of carbonyl (C=O) groups is 1. The summed E-state index contributed by atoms with van der Waals surface area (Å²) in [6.07, 6.45) is -0.649. The zero-order valence-electron chi connectivity index (χ0n) is 16.1. The third-order valence-corrected chi connectivity index (χ3v) is 4.22. The highest BCUT2D eigenvalue weighted by atomic mass is 16.7. The normalized spacial score (nSPS) is 13.4. The molecule has 1 aliphatic rings. The Morgan fingerprint density at radius 1 is 1.18 bits per heavy atom. The van der Waals surface area contributed by atoms with Crippen molar-refractivity contribution in [3.63, 3.8) is 0 Å². The molecule has 1 aliphatic heterocycles. The molecule has 0 amide bonds. The van der Waals surface area contributed by atoms with Crippen LogP contribution in [0.15, 0.2) is 42.5 Å². The van der Waals surface area contributed by atoms with Crippen molar-refractivity contribution in [3.8, 4) is 17.2 Å². The number of carbonyl (C=O) groups excluding carboxylic acids is 1. The monoisotopic (exact) mass is 387 g/mol. The van der Waals surface area contributed by atoms with Crippen molar-refractivity contribution in [3.05, 3.63) is 53.6 Å². The molecule has 2 aromatic carbocycles. The summed E-state index contributed by atoms with van der Waals surface area (Å²) in [4.78, 5) is 13.6. The predicted molar refractivity (Wildman–Crippen MR) is 103 cm³/mol. The van der Waals surface area contributed by atoms with Gasteiger partial charge in [-0.2, -0.15) is 0 Å². The maximum atomic E-state index is 11.6. The van der Waals surface area contributed by atoms with E-state index in [-0.39, 0.29) is 19.4 Å². The van der Waals surface area contributed by atoms with E-state index in [9.17, 15) is 9.90 Å². The second-order valence-electron chi connectivity index (χ2n) is 6.59. The maximum Gasteiger partial charge on any atom is 0.338 e. The van der Waals surface area contributed by atoms with Crippen molar-refractivity contribution in [2.24, 2.45) is 0 Å². The Balaban J connectivity index is 1.43. The third kappa shape index (κ3) is 5.37. The number of hydrogen-bond acceptors (Lipinski definition) is 7. The lowest BCUT2D eigenvalue weighted by Crippen LogP contribution is -2.32. The van der Waals surface area contributed by atoms with Crippen LogP contribution in [-0.2, 0) is 11.3 Å². The molecule has 0 bridgehead atoms. The number of esters is 1. The quantitative estimate of drug-likeness (QED) is 0.662. The third-order valence-electron chi connectivity index (χ3n) is 4.22. The van der Waals surface area contributed by atoms with Crippen LogP contribution in [0, 0.1) is 0 Å². The Labute approximate surface area is 164 Å². The molecule has 0 aliphatic carbocycles. The topological polar surface area (TPSA) is 77.5 Å². The average molecular weight is 387 g/mol. The van der Waals surface area contributed by atoms with Crippen molar-refractivity contribution in [1.82, 2.24) is 4.90 Å². The number of ether oxygens (including phenoxy) is 4.